The summed E-state index contributed by atoms with van der Waals surface area (Å²) in [5.74, 6) is 0. The van der Waals surface area contributed by atoms with Crippen LogP contribution in [-0.2, 0) is 0 Å². The molecule has 0 spiro atoms. The maximum atomic E-state index is 12.2. The highest BCUT2D eigenvalue weighted by molar-refractivity contribution is 8.00. The van der Waals surface area contributed by atoms with Gasteiger partial charge in [0.05, 0.1) is 15.7 Å². The molecular weight excluding hydrogens is 334 g/mol. The van der Waals surface area contributed by atoms with Crippen LogP contribution < -0.4 is 5.32 Å². The van der Waals surface area contributed by atoms with Crippen LogP contribution in [0, 0.1) is 22.7 Å². The summed E-state index contributed by atoms with van der Waals surface area (Å²) in [5.41, 5.74) is -4.57. The third-order valence-corrected chi connectivity index (χ3v) is 3.15. The smallest absolute Gasteiger partial charge is 0.357 e. The SMILES string of the molecule is N#CC(C#N)=CNc1c(Cl)cc(SC(F)(F)F)cc1Cl. The van der Waals surface area contributed by atoms with E-state index in [0.717, 1.165) is 18.3 Å². The number of anilines is 1. The molecule has 1 aromatic rings. The molecule has 0 aliphatic heterocycles. The van der Waals surface area contributed by atoms with Crippen LogP contribution in [0.1, 0.15) is 0 Å². The second kappa shape index (κ2) is 6.76. The number of hydrogen-bond acceptors (Lipinski definition) is 4. The maximum absolute atomic E-state index is 12.2. The Hall–Kier alpha value is -1.54. The standard InChI is InChI=1S/C11H4Cl2F3N3S/c12-8-1-7(20-11(14,15)16)2-9(13)10(8)19-5-6(3-17)4-18/h1-2,5,19H. The van der Waals surface area contributed by atoms with Crippen molar-refractivity contribution >= 4 is 40.7 Å². The quantitative estimate of drug-likeness (QED) is 0.626. The van der Waals surface area contributed by atoms with Crippen molar-refractivity contribution in [1.29, 1.82) is 10.5 Å². The average molecular weight is 338 g/mol. The molecule has 0 saturated heterocycles. The first kappa shape index (κ1) is 16.5. The molecule has 20 heavy (non-hydrogen) atoms. The van der Waals surface area contributed by atoms with Crippen molar-refractivity contribution in [3.05, 3.63) is 34.0 Å². The van der Waals surface area contributed by atoms with Crippen LogP contribution >= 0.6 is 35.0 Å². The van der Waals surface area contributed by atoms with E-state index in [1.54, 1.807) is 12.1 Å². The highest BCUT2D eigenvalue weighted by Crippen LogP contribution is 2.41. The van der Waals surface area contributed by atoms with Gasteiger partial charge in [-0.3, -0.25) is 0 Å². The van der Waals surface area contributed by atoms with Gasteiger partial charge in [-0.05, 0) is 23.9 Å². The molecule has 9 heteroatoms. The fourth-order valence-electron chi connectivity index (χ4n) is 1.11. The fourth-order valence-corrected chi connectivity index (χ4v) is 2.46. The molecule has 0 unspecified atom stereocenters. The minimum Gasteiger partial charge on any atom is -0.357 e. The number of halogens is 5. The molecule has 1 aromatic carbocycles. The zero-order valence-corrected chi connectivity index (χ0v) is 11.8. The average Bonchev–Trinajstić information content (AvgIpc) is 2.30. The molecular formula is C11H4Cl2F3N3S. The summed E-state index contributed by atoms with van der Waals surface area (Å²) in [7, 11) is 0. The van der Waals surface area contributed by atoms with Gasteiger partial charge in [-0.15, -0.1) is 0 Å². The number of allylic oxidation sites excluding steroid dienone is 1. The van der Waals surface area contributed by atoms with E-state index in [4.69, 9.17) is 33.7 Å². The van der Waals surface area contributed by atoms with E-state index in [2.05, 4.69) is 5.32 Å². The summed E-state index contributed by atoms with van der Waals surface area (Å²) in [6.45, 7) is 0. The molecule has 0 fully saturated rings. The number of nitrogens with one attached hydrogen (secondary N) is 1. The number of benzene rings is 1. The van der Waals surface area contributed by atoms with E-state index in [1.165, 1.54) is 0 Å². The van der Waals surface area contributed by atoms with Crippen molar-refractivity contribution < 1.29 is 13.2 Å². The Morgan fingerprint density at radius 2 is 1.70 bits per heavy atom. The Kier molecular flexibility index (Phi) is 5.58. The summed E-state index contributed by atoms with van der Waals surface area (Å²) in [5, 5.41) is 19.5. The zero-order valence-electron chi connectivity index (χ0n) is 9.42. The van der Waals surface area contributed by atoms with Gasteiger partial charge in [0, 0.05) is 11.1 Å². The molecule has 0 aliphatic carbocycles. The van der Waals surface area contributed by atoms with Crippen LogP contribution in [0.5, 0.6) is 0 Å². The fraction of sp³-hybridized carbons (Fsp3) is 0.0909. The van der Waals surface area contributed by atoms with Crippen molar-refractivity contribution in [3.8, 4) is 12.1 Å². The normalized spacial score (nSPS) is 10.3. The van der Waals surface area contributed by atoms with Crippen molar-refractivity contribution in [2.45, 2.75) is 10.4 Å². The number of thioether (sulfide) groups is 1. The molecule has 0 atom stereocenters. The van der Waals surface area contributed by atoms with Crippen LogP contribution in [0.25, 0.3) is 0 Å². The highest BCUT2D eigenvalue weighted by atomic mass is 35.5. The monoisotopic (exact) mass is 337 g/mol. The van der Waals surface area contributed by atoms with Gasteiger partial charge in [-0.25, -0.2) is 0 Å². The van der Waals surface area contributed by atoms with Gasteiger partial charge in [0.15, 0.2) is 0 Å². The van der Waals surface area contributed by atoms with E-state index < -0.39 is 5.51 Å². The van der Waals surface area contributed by atoms with Gasteiger partial charge < -0.3 is 5.32 Å². The molecule has 0 aliphatic rings. The van der Waals surface area contributed by atoms with Gasteiger partial charge >= 0.3 is 5.51 Å². The summed E-state index contributed by atoms with van der Waals surface area (Å²) in [6.07, 6.45) is 1.06. The Bertz CT molecular complexity index is 590. The number of rotatable bonds is 3. The molecule has 1 rings (SSSR count). The Balaban J connectivity index is 3.05. The summed E-state index contributed by atoms with van der Waals surface area (Å²) < 4.78 is 36.7. The lowest BCUT2D eigenvalue weighted by atomic mass is 10.3. The first-order valence-corrected chi connectivity index (χ1v) is 6.35. The molecule has 0 heterocycles. The van der Waals surface area contributed by atoms with Gasteiger partial charge in [0.2, 0.25) is 0 Å². The molecule has 104 valence electrons. The Morgan fingerprint density at radius 3 is 2.10 bits per heavy atom. The van der Waals surface area contributed by atoms with E-state index in [9.17, 15) is 13.2 Å². The zero-order chi connectivity index (χ0) is 15.3. The lowest BCUT2D eigenvalue weighted by molar-refractivity contribution is -0.0328. The lowest BCUT2D eigenvalue weighted by Gasteiger charge is -2.10. The van der Waals surface area contributed by atoms with Gasteiger partial charge in [-0.1, -0.05) is 23.2 Å². The van der Waals surface area contributed by atoms with E-state index in [1.807, 2.05) is 0 Å². The first-order valence-electron chi connectivity index (χ1n) is 4.78. The second-order valence-electron chi connectivity index (χ2n) is 3.24. The number of alkyl halides is 3. The van der Waals surface area contributed by atoms with Crippen LogP contribution in [0.2, 0.25) is 10.0 Å². The molecule has 3 nitrogen and oxygen atoms in total. The van der Waals surface area contributed by atoms with Gasteiger partial charge in [0.1, 0.15) is 17.7 Å². The minimum atomic E-state index is -4.45. The molecule has 0 radical (unpaired) electrons. The minimum absolute atomic E-state index is 0.0595. The predicted molar refractivity (Wildman–Crippen MR) is 71.3 cm³/mol. The van der Waals surface area contributed by atoms with Gasteiger partial charge in [0.25, 0.3) is 0 Å². The number of nitriles is 2. The van der Waals surface area contributed by atoms with E-state index >= 15 is 0 Å². The highest BCUT2D eigenvalue weighted by Gasteiger charge is 2.29. The van der Waals surface area contributed by atoms with Crippen molar-refractivity contribution in [3.63, 3.8) is 0 Å². The summed E-state index contributed by atoms with van der Waals surface area (Å²) in [4.78, 5) is -0.164. The first-order chi connectivity index (χ1) is 9.26. The van der Waals surface area contributed by atoms with E-state index in [0.29, 0.717) is 0 Å². The Labute approximate surface area is 126 Å². The van der Waals surface area contributed by atoms with E-state index in [-0.39, 0.29) is 38.0 Å². The third-order valence-electron chi connectivity index (χ3n) is 1.85. The largest absolute Gasteiger partial charge is 0.446 e. The number of nitrogens with zero attached hydrogens (tertiary/aromatic N) is 2. The third kappa shape index (κ3) is 4.86. The molecule has 0 aromatic heterocycles. The summed E-state index contributed by atoms with van der Waals surface area (Å²) in [6, 6.07) is 5.37. The number of hydrogen-bond donors (Lipinski definition) is 1. The van der Waals surface area contributed by atoms with Crippen molar-refractivity contribution in [2.75, 3.05) is 5.32 Å². The lowest BCUT2D eigenvalue weighted by Crippen LogP contribution is -1.99. The molecule has 1 N–H and O–H groups in total. The van der Waals surface area contributed by atoms with Crippen LogP contribution in [0.3, 0.4) is 0 Å². The van der Waals surface area contributed by atoms with Crippen molar-refractivity contribution in [2.24, 2.45) is 0 Å². The van der Waals surface area contributed by atoms with Gasteiger partial charge in [-0.2, -0.15) is 23.7 Å². The second-order valence-corrected chi connectivity index (χ2v) is 5.19. The molecule has 0 saturated carbocycles. The summed E-state index contributed by atoms with van der Waals surface area (Å²) >= 11 is 11.3. The van der Waals surface area contributed by atoms with Crippen LogP contribution in [0.4, 0.5) is 18.9 Å². The maximum Gasteiger partial charge on any atom is 0.446 e. The predicted octanol–water partition coefficient (Wildman–Crippen LogP) is 4.95. The van der Waals surface area contributed by atoms with Crippen LogP contribution in [0.15, 0.2) is 28.8 Å². The Morgan fingerprint density at radius 1 is 1.20 bits per heavy atom. The topological polar surface area (TPSA) is 59.6 Å². The van der Waals surface area contributed by atoms with Crippen molar-refractivity contribution in [1.82, 2.24) is 0 Å². The molecule has 0 amide bonds. The molecule has 0 bridgehead atoms. The van der Waals surface area contributed by atoms with Crippen LogP contribution in [-0.4, -0.2) is 5.51 Å².